The van der Waals surface area contributed by atoms with Crippen LogP contribution in [0.15, 0.2) is 29.2 Å². The van der Waals surface area contributed by atoms with Gasteiger partial charge in [-0.2, -0.15) is 14.4 Å². The predicted octanol–water partition coefficient (Wildman–Crippen LogP) is 3.24. The highest BCUT2D eigenvalue weighted by atomic mass is 32.2. The second kappa shape index (κ2) is 23.8. The number of hydrogen-bond acceptors (Lipinski definition) is 21. The first-order valence-corrected chi connectivity index (χ1v) is 29.2. The zero-order valence-electron chi connectivity index (χ0n) is 45.8. The van der Waals surface area contributed by atoms with Crippen molar-refractivity contribution in [3.05, 3.63) is 47.6 Å². The first kappa shape index (κ1) is 62.6. The van der Waals surface area contributed by atoms with Gasteiger partial charge >= 0.3 is 0 Å². The topological polar surface area (TPSA) is 312 Å². The summed E-state index contributed by atoms with van der Waals surface area (Å²) in [4.78, 5) is 41.9. The number of benzene rings is 1. The lowest BCUT2D eigenvalue weighted by molar-refractivity contribution is -0.121. The molecule has 0 unspecified atom stereocenters. The summed E-state index contributed by atoms with van der Waals surface area (Å²) in [5.74, 6) is -1.41. The number of hydrogen-bond donors (Lipinski definition) is 0. The highest BCUT2D eigenvalue weighted by molar-refractivity contribution is 7.94. The first-order chi connectivity index (χ1) is 34.2. The van der Waals surface area contributed by atoms with Crippen molar-refractivity contribution in [3.8, 4) is 0 Å². The molecule has 5 heterocycles. The number of aromatic nitrogens is 12. The summed E-state index contributed by atoms with van der Waals surface area (Å²) in [6, 6.07) is 4.38. The first-order valence-electron chi connectivity index (χ1n) is 24.4. The zero-order valence-corrected chi connectivity index (χ0v) is 48.3. The Morgan fingerprint density at radius 3 is 1.32 bits per heavy atom. The number of ketones is 3. The average molecular weight is 1120 g/mol. The van der Waals surface area contributed by atoms with E-state index in [1.165, 1.54) is 55.9 Å². The number of carbonyl (C=O) groups excluding carboxylic acids is 3. The molecule has 2 atom stereocenters. The third-order valence-electron chi connectivity index (χ3n) is 12.6. The van der Waals surface area contributed by atoms with Gasteiger partial charge in [-0.15, -0.1) is 30.6 Å². The monoisotopic (exact) mass is 1110 g/mol. The SMILES string of the molecule is CC(C)(C)n1nnc(CC(=O)C(C)(C)S(=O)(=O)CC[C@@H]2CCOC2)n1.CC(C)(C)n1nnc(CC(=O)C(C)(C)S(=O)(=O)C[C@H]2COCCO2)n1.CC(C)(C)n1nnc(CC(=O)C(C)(C)S(=O)(=O)c2ccc(F)cc2)n1. The molecule has 2 fully saturated rings. The maximum absolute atomic E-state index is 13.0. The van der Waals surface area contributed by atoms with Gasteiger partial charge in [-0.25, -0.2) is 29.6 Å². The van der Waals surface area contributed by atoms with Crippen molar-refractivity contribution < 1.29 is 58.2 Å². The molecular formula is C47H75FN12O12S3. The molecule has 2 saturated heterocycles. The molecular weight excluding hydrogens is 1040 g/mol. The number of Topliss-reactive ketones (excluding diaryl/α,β-unsaturated/α-hetero) is 3. The van der Waals surface area contributed by atoms with Crippen LogP contribution in [0.5, 0.6) is 0 Å². The Morgan fingerprint density at radius 1 is 0.560 bits per heavy atom. The van der Waals surface area contributed by atoms with Crippen molar-refractivity contribution in [3.63, 3.8) is 0 Å². The Bertz CT molecular complexity index is 2940. The number of carbonyl (C=O) groups is 3. The van der Waals surface area contributed by atoms with Gasteiger partial charge in [0.1, 0.15) is 20.1 Å². The van der Waals surface area contributed by atoms with E-state index in [0.717, 1.165) is 30.7 Å². The van der Waals surface area contributed by atoms with E-state index >= 15 is 0 Å². The van der Waals surface area contributed by atoms with Crippen LogP contribution in [-0.2, 0) is 94.0 Å². The molecule has 24 nitrogen and oxygen atoms in total. The van der Waals surface area contributed by atoms with Gasteiger partial charge in [0.25, 0.3) is 0 Å². The molecule has 0 saturated carbocycles. The molecule has 2 aliphatic heterocycles. The van der Waals surface area contributed by atoms with Crippen LogP contribution in [0.4, 0.5) is 4.39 Å². The number of halogens is 1. The fourth-order valence-electron chi connectivity index (χ4n) is 6.74. The van der Waals surface area contributed by atoms with Crippen molar-refractivity contribution in [1.82, 2.24) is 60.6 Å². The molecule has 0 aliphatic carbocycles. The Kier molecular flexibility index (Phi) is 19.9. The van der Waals surface area contributed by atoms with E-state index in [1.807, 2.05) is 62.3 Å². The number of nitrogens with zero attached hydrogens (tertiary/aromatic N) is 12. The standard InChI is InChI=1S/C16H21FN4O3S.C16H28N4O4S.C15H26N4O5S/c1-15(2,3)21-19-14(18-20-21)10-13(22)16(4,5)25(23,24)12-8-6-11(17)7-9-12;1-15(2,3)20-18-14(17-19-20)10-13(21)16(4,5)25(22,23)9-7-12-6-8-24-11-12;1-14(2,3)19-17-13(16-18-19)8-12(20)15(4,5)25(21,22)10-11-9-23-6-7-24-11/h6-9H,10H2,1-5H3;12H,6-11H2,1-5H3;11H,6-10H2,1-5H3/t;12-;11-/m.01/s1. The lowest BCUT2D eigenvalue weighted by Gasteiger charge is -2.28. The van der Waals surface area contributed by atoms with Crippen LogP contribution in [0, 0.1) is 11.7 Å². The third kappa shape index (κ3) is 16.1. The van der Waals surface area contributed by atoms with Crippen LogP contribution < -0.4 is 0 Å². The zero-order chi connectivity index (χ0) is 56.8. The number of rotatable bonds is 18. The van der Waals surface area contributed by atoms with Crippen LogP contribution >= 0.6 is 0 Å². The summed E-state index contributed by atoms with van der Waals surface area (Å²) in [6.45, 7) is 27.8. The molecule has 2 aliphatic rings. The maximum Gasteiger partial charge on any atom is 0.190 e. The van der Waals surface area contributed by atoms with Crippen LogP contribution in [-0.4, -0.2) is 168 Å². The third-order valence-corrected chi connectivity index (χ3v) is 20.2. The molecule has 4 aromatic rings. The fourth-order valence-corrected chi connectivity index (χ4v) is 11.3. The predicted molar refractivity (Wildman–Crippen MR) is 272 cm³/mol. The van der Waals surface area contributed by atoms with Gasteiger partial charge in [0.05, 0.1) is 78.2 Å². The van der Waals surface area contributed by atoms with Gasteiger partial charge in [0.2, 0.25) is 0 Å². The normalized spacial score (nSPS) is 17.4. The summed E-state index contributed by atoms with van der Waals surface area (Å²) in [5, 5.41) is 35.8. The van der Waals surface area contributed by atoms with Gasteiger partial charge < -0.3 is 14.2 Å². The molecule has 6 rings (SSSR count). The van der Waals surface area contributed by atoms with E-state index in [1.54, 1.807) is 0 Å². The highest BCUT2D eigenvalue weighted by Crippen LogP contribution is 2.29. The summed E-state index contributed by atoms with van der Waals surface area (Å²) in [6.07, 6.45) is 0.259. The van der Waals surface area contributed by atoms with E-state index in [0.29, 0.717) is 32.8 Å². The largest absolute Gasteiger partial charge is 0.381 e. The lowest BCUT2D eigenvalue weighted by atomic mass is 10.1. The van der Waals surface area contributed by atoms with Crippen LogP contribution in [0.3, 0.4) is 0 Å². The molecule has 75 heavy (non-hydrogen) atoms. The molecule has 0 amide bonds. The minimum absolute atomic E-state index is 0.0120. The Balaban J connectivity index is 0.000000243. The summed E-state index contributed by atoms with van der Waals surface area (Å²) < 4.78 is 100. The smallest absolute Gasteiger partial charge is 0.190 e. The molecule has 3 aromatic heterocycles. The van der Waals surface area contributed by atoms with Crippen molar-refractivity contribution >= 4 is 46.9 Å². The van der Waals surface area contributed by atoms with E-state index in [9.17, 15) is 44.0 Å². The van der Waals surface area contributed by atoms with Crippen molar-refractivity contribution in [1.29, 1.82) is 0 Å². The molecule has 0 radical (unpaired) electrons. The molecule has 1 aromatic carbocycles. The summed E-state index contributed by atoms with van der Waals surface area (Å²) in [5.41, 5.74) is -1.11. The average Bonchev–Trinajstić information content (AvgIpc) is 4.15. The molecule has 0 spiro atoms. The second-order valence-electron chi connectivity index (χ2n) is 23.0. The van der Waals surface area contributed by atoms with Gasteiger partial charge in [-0.3, -0.25) is 14.4 Å². The second-order valence-corrected chi connectivity index (χ2v) is 30.7. The van der Waals surface area contributed by atoms with Gasteiger partial charge in [-0.1, -0.05) is 0 Å². The summed E-state index contributed by atoms with van der Waals surface area (Å²) >= 11 is 0. The minimum Gasteiger partial charge on any atom is -0.381 e. The summed E-state index contributed by atoms with van der Waals surface area (Å²) in [7, 11) is -11.3. The number of sulfone groups is 3. The molecule has 0 bridgehead atoms. The molecule has 0 N–H and O–H groups in total. The molecule has 420 valence electrons. The van der Waals surface area contributed by atoms with Crippen molar-refractivity contribution in [2.45, 2.75) is 178 Å². The van der Waals surface area contributed by atoms with Crippen LogP contribution in [0.25, 0.3) is 0 Å². The van der Waals surface area contributed by atoms with E-state index in [2.05, 4.69) is 46.2 Å². The van der Waals surface area contributed by atoms with E-state index in [-0.39, 0.29) is 76.7 Å². The highest BCUT2D eigenvalue weighted by Gasteiger charge is 2.45. The molecule has 28 heteroatoms. The Hall–Kier alpha value is -4.90. The maximum atomic E-state index is 13.0. The Labute approximate surface area is 439 Å². The lowest BCUT2D eigenvalue weighted by Crippen LogP contribution is -2.47. The van der Waals surface area contributed by atoms with Gasteiger partial charge in [0.15, 0.2) is 64.3 Å². The number of tetrazole rings is 3. The Morgan fingerprint density at radius 2 is 0.960 bits per heavy atom. The fraction of sp³-hybridized carbons (Fsp3) is 0.745. The minimum atomic E-state index is -4.00. The number of ether oxygens (including phenoxy) is 3. The van der Waals surface area contributed by atoms with Crippen molar-refractivity contribution in [2.75, 3.05) is 44.5 Å². The van der Waals surface area contributed by atoms with E-state index in [4.69, 9.17) is 14.2 Å². The van der Waals surface area contributed by atoms with Gasteiger partial charge in [0, 0.05) is 13.2 Å². The van der Waals surface area contributed by atoms with Crippen LogP contribution in [0.2, 0.25) is 0 Å². The van der Waals surface area contributed by atoms with E-state index < -0.39 is 78.6 Å². The van der Waals surface area contributed by atoms with Gasteiger partial charge in [-0.05, 0) is 163 Å². The van der Waals surface area contributed by atoms with Crippen molar-refractivity contribution in [2.24, 2.45) is 5.92 Å². The quantitative estimate of drug-likeness (QED) is 0.129. The van der Waals surface area contributed by atoms with Crippen LogP contribution in [0.1, 0.15) is 134 Å².